The molecule has 1 unspecified atom stereocenters. The molecule has 3 aromatic rings. The van der Waals surface area contributed by atoms with E-state index < -0.39 is 5.41 Å². The van der Waals surface area contributed by atoms with Gasteiger partial charge in [-0.25, -0.2) is 9.67 Å². The van der Waals surface area contributed by atoms with Crippen LogP contribution in [0.2, 0.25) is 0 Å². The molecular weight excluding hydrogens is 394 g/mol. The number of pyridine rings is 1. The molecule has 8 heteroatoms. The van der Waals surface area contributed by atoms with Crippen LogP contribution < -0.4 is 10.6 Å². The van der Waals surface area contributed by atoms with Gasteiger partial charge in [0.25, 0.3) is 5.91 Å². The lowest BCUT2D eigenvalue weighted by Gasteiger charge is -2.35. The number of carbonyl (C=O) groups is 3. The van der Waals surface area contributed by atoms with E-state index in [1.165, 1.54) is 0 Å². The molecule has 3 heterocycles. The highest BCUT2D eigenvalue weighted by atomic mass is 16.2. The predicted octanol–water partition coefficient (Wildman–Crippen LogP) is 3.35. The minimum absolute atomic E-state index is 0.180. The summed E-state index contributed by atoms with van der Waals surface area (Å²) in [5.74, 6) is -0.766. The topological polar surface area (TPSA) is 106 Å². The van der Waals surface area contributed by atoms with Crippen molar-refractivity contribution >= 4 is 34.4 Å². The van der Waals surface area contributed by atoms with Gasteiger partial charge in [0.2, 0.25) is 11.8 Å². The molecule has 8 nitrogen and oxygen atoms in total. The molecule has 4 rings (SSSR count). The second kappa shape index (κ2) is 7.94. The molecular formula is C23H25N5O3. The molecule has 1 aliphatic rings. The van der Waals surface area contributed by atoms with Crippen LogP contribution in [0.5, 0.6) is 0 Å². The number of benzene rings is 1. The maximum atomic E-state index is 12.7. The number of carbonyl (C=O) groups excluding carboxylic acids is 3. The predicted molar refractivity (Wildman–Crippen MR) is 117 cm³/mol. The van der Waals surface area contributed by atoms with Crippen molar-refractivity contribution in [3.8, 4) is 0 Å². The maximum Gasteiger partial charge on any atom is 0.257 e. The number of nitrogens with zero attached hydrogens (tertiary/aromatic N) is 3. The van der Waals surface area contributed by atoms with Gasteiger partial charge in [-0.1, -0.05) is 19.1 Å². The lowest BCUT2D eigenvalue weighted by atomic mass is 9.72. The standard InChI is InChI=1S/C23H25N5O3/c1-4-23(10-9-19(29)27-22(23)31)17-5-7-18(8-6-17)26-21(30)16-11-15-13-25-28(14(2)3)20(15)24-12-16/h5-8,11-14H,4,9-10H2,1-3H3,(H,26,30)(H,27,29,31). The van der Waals surface area contributed by atoms with Crippen molar-refractivity contribution in [1.82, 2.24) is 20.1 Å². The van der Waals surface area contributed by atoms with Gasteiger partial charge in [-0.15, -0.1) is 0 Å². The largest absolute Gasteiger partial charge is 0.322 e. The third-order valence-corrected chi connectivity index (χ3v) is 5.95. The molecule has 0 aliphatic carbocycles. The Hall–Kier alpha value is -3.55. The first-order valence-corrected chi connectivity index (χ1v) is 10.4. The van der Waals surface area contributed by atoms with Crippen molar-refractivity contribution in [3.63, 3.8) is 0 Å². The van der Waals surface area contributed by atoms with E-state index in [4.69, 9.17) is 0 Å². The number of nitrogens with one attached hydrogen (secondary N) is 2. The number of hydrogen-bond acceptors (Lipinski definition) is 5. The Bertz CT molecular complexity index is 1170. The summed E-state index contributed by atoms with van der Waals surface area (Å²) >= 11 is 0. The minimum atomic E-state index is -0.720. The number of imide groups is 1. The normalized spacial score (nSPS) is 19.0. The lowest BCUT2D eigenvalue weighted by Crippen LogP contribution is -2.51. The van der Waals surface area contributed by atoms with Gasteiger partial charge in [-0.05, 0) is 50.5 Å². The zero-order valence-corrected chi connectivity index (χ0v) is 17.8. The van der Waals surface area contributed by atoms with Gasteiger partial charge in [0.1, 0.15) is 0 Å². The minimum Gasteiger partial charge on any atom is -0.322 e. The highest BCUT2D eigenvalue weighted by molar-refractivity contribution is 6.06. The summed E-state index contributed by atoms with van der Waals surface area (Å²) in [6, 6.07) is 9.17. The molecule has 0 radical (unpaired) electrons. The van der Waals surface area contributed by atoms with Crippen LogP contribution in [0.3, 0.4) is 0 Å². The van der Waals surface area contributed by atoms with Gasteiger partial charge in [0.15, 0.2) is 5.65 Å². The van der Waals surface area contributed by atoms with Crippen molar-refractivity contribution in [2.75, 3.05) is 5.32 Å². The number of fused-ring (bicyclic) bond motifs is 1. The summed E-state index contributed by atoms with van der Waals surface area (Å²) in [7, 11) is 0. The van der Waals surface area contributed by atoms with Crippen molar-refractivity contribution in [2.24, 2.45) is 0 Å². The van der Waals surface area contributed by atoms with Crippen LogP contribution in [-0.4, -0.2) is 32.5 Å². The van der Waals surface area contributed by atoms with Gasteiger partial charge in [-0.3, -0.25) is 19.7 Å². The van der Waals surface area contributed by atoms with Gasteiger partial charge >= 0.3 is 0 Å². The lowest BCUT2D eigenvalue weighted by molar-refractivity contribution is -0.138. The first kappa shape index (κ1) is 20.7. The third kappa shape index (κ3) is 3.69. The second-order valence-electron chi connectivity index (χ2n) is 8.16. The van der Waals surface area contributed by atoms with Crippen molar-refractivity contribution in [2.45, 2.75) is 51.5 Å². The van der Waals surface area contributed by atoms with E-state index in [-0.39, 0.29) is 23.8 Å². The van der Waals surface area contributed by atoms with E-state index in [1.807, 2.05) is 37.6 Å². The molecule has 31 heavy (non-hydrogen) atoms. The van der Waals surface area contributed by atoms with Crippen LogP contribution in [0.1, 0.15) is 62.0 Å². The molecule has 1 saturated heterocycles. The highest BCUT2D eigenvalue weighted by Crippen LogP contribution is 2.36. The Morgan fingerprint density at radius 1 is 1.23 bits per heavy atom. The average Bonchev–Trinajstić information content (AvgIpc) is 3.18. The molecule has 2 aromatic heterocycles. The molecule has 160 valence electrons. The third-order valence-electron chi connectivity index (χ3n) is 5.95. The summed E-state index contributed by atoms with van der Waals surface area (Å²) in [5.41, 5.74) is 1.91. The first-order valence-electron chi connectivity index (χ1n) is 10.4. The number of anilines is 1. The Morgan fingerprint density at radius 3 is 2.61 bits per heavy atom. The maximum absolute atomic E-state index is 12.7. The fraction of sp³-hybridized carbons (Fsp3) is 0.348. The molecule has 1 aliphatic heterocycles. The van der Waals surface area contributed by atoms with Gasteiger partial charge in [0, 0.05) is 29.7 Å². The van der Waals surface area contributed by atoms with Crippen molar-refractivity contribution in [1.29, 1.82) is 0 Å². The summed E-state index contributed by atoms with van der Waals surface area (Å²) < 4.78 is 1.81. The zero-order chi connectivity index (χ0) is 22.2. The number of hydrogen-bond donors (Lipinski definition) is 2. The number of rotatable bonds is 5. The number of piperidine rings is 1. The van der Waals surface area contributed by atoms with Crippen molar-refractivity contribution in [3.05, 3.63) is 53.9 Å². The van der Waals surface area contributed by atoms with Crippen molar-refractivity contribution < 1.29 is 14.4 Å². The molecule has 0 spiro atoms. The Kier molecular flexibility index (Phi) is 5.31. The Balaban J connectivity index is 1.52. The zero-order valence-electron chi connectivity index (χ0n) is 17.8. The Labute approximate surface area is 180 Å². The molecule has 1 aromatic carbocycles. The van der Waals surface area contributed by atoms with Gasteiger partial charge < -0.3 is 5.32 Å². The molecule has 0 bridgehead atoms. The number of aromatic nitrogens is 3. The van der Waals surface area contributed by atoms with Gasteiger partial charge in [0.05, 0.1) is 17.2 Å². The quantitative estimate of drug-likeness (QED) is 0.617. The highest BCUT2D eigenvalue weighted by Gasteiger charge is 2.42. The summed E-state index contributed by atoms with van der Waals surface area (Å²) in [4.78, 5) is 41.2. The number of amides is 3. The van der Waals surface area contributed by atoms with Crippen LogP contribution in [0, 0.1) is 0 Å². The smallest absolute Gasteiger partial charge is 0.257 e. The van der Waals surface area contributed by atoms with E-state index in [9.17, 15) is 14.4 Å². The molecule has 1 fully saturated rings. The average molecular weight is 419 g/mol. The van der Waals surface area contributed by atoms with Crippen LogP contribution >= 0.6 is 0 Å². The molecule has 1 atom stereocenters. The summed E-state index contributed by atoms with van der Waals surface area (Å²) in [6.45, 7) is 5.99. The van der Waals surface area contributed by atoms with Crippen LogP contribution in [0.15, 0.2) is 42.7 Å². The monoisotopic (exact) mass is 419 g/mol. The van der Waals surface area contributed by atoms with Crippen LogP contribution in [-0.2, 0) is 15.0 Å². The molecule has 0 saturated carbocycles. The van der Waals surface area contributed by atoms with E-state index in [0.717, 1.165) is 16.6 Å². The second-order valence-corrected chi connectivity index (χ2v) is 8.16. The molecule has 3 amide bonds. The van der Waals surface area contributed by atoms with Crippen LogP contribution in [0.4, 0.5) is 5.69 Å². The van der Waals surface area contributed by atoms with Gasteiger partial charge in [-0.2, -0.15) is 5.10 Å². The Morgan fingerprint density at radius 2 is 1.97 bits per heavy atom. The van der Waals surface area contributed by atoms with E-state index in [2.05, 4.69) is 20.7 Å². The van der Waals surface area contributed by atoms with E-state index in [1.54, 1.807) is 30.6 Å². The van der Waals surface area contributed by atoms with E-state index >= 15 is 0 Å². The van der Waals surface area contributed by atoms with Crippen LogP contribution in [0.25, 0.3) is 11.0 Å². The SMILES string of the molecule is CCC1(c2ccc(NC(=O)c3cnc4c(cnn4C(C)C)c3)cc2)CCC(=O)NC1=O. The summed E-state index contributed by atoms with van der Waals surface area (Å²) in [5, 5.41) is 10.5. The fourth-order valence-electron chi connectivity index (χ4n) is 4.08. The van der Waals surface area contributed by atoms with E-state index in [0.29, 0.717) is 30.5 Å². The first-order chi connectivity index (χ1) is 14.8. The summed E-state index contributed by atoms with van der Waals surface area (Å²) in [6.07, 6.45) is 4.64. The fourth-order valence-corrected chi connectivity index (χ4v) is 4.08. The molecule has 2 N–H and O–H groups in total.